The molecule has 3 rings (SSSR count). The number of hydrogen-bond donors (Lipinski definition) is 1. The standard InChI is InChI=1S/C14H12N2O2S/c1-17-9-6-7-13(10(15)8-9)19-14-16-11-4-2-3-5-12(11)18-14/h2-8H,15H2,1H3. The maximum atomic E-state index is 5.97. The summed E-state index contributed by atoms with van der Waals surface area (Å²) in [4.78, 5) is 5.30. The fourth-order valence-electron chi connectivity index (χ4n) is 1.74. The molecule has 19 heavy (non-hydrogen) atoms. The number of rotatable bonds is 3. The first-order valence-corrected chi connectivity index (χ1v) is 6.55. The van der Waals surface area contributed by atoms with Crippen LogP contribution in [0, 0.1) is 0 Å². The second kappa shape index (κ2) is 4.85. The van der Waals surface area contributed by atoms with Gasteiger partial charge in [-0.3, -0.25) is 0 Å². The van der Waals surface area contributed by atoms with E-state index in [1.165, 1.54) is 11.8 Å². The number of fused-ring (bicyclic) bond motifs is 1. The van der Waals surface area contributed by atoms with Crippen molar-refractivity contribution < 1.29 is 9.15 Å². The molecule has 0 radical (unpaired) electrons. The number of anilines is 1. The number of nitrogen functional groups attached to an aromatic ring is 1. The first kappa shape index (κ1) is 11.9. The van der Waals surface area contributed by atoms with Gasteiger partial charge in [0, 0.05) is 16.6 Å². The molecule has 1 aromatic heterocycles. The summed E-state index contributed by atoms with van der Waals surface area (Å²) in [6.07, 6.45) is 0. The van der Waals surface area contributed by atoms with E-state index in [2.05, 4.69) is 4.98 Å². The highest BCUT2D eigenvalue weighted by atomic mass is 32.2. The summed E-state index contributed by atoms with van der Waals surface area (Å²) in [6.45, 7) is 0. The SMILES string of the molecule is COc1ccc(Sc2nc3ccccc3o2)c(N)c1. The monoisotopic (exact) mass is 272 g/mol. The van der Waals surface area contributed by atoms with Crippen LogP contribution in [0.2, 0.25) is 0 Å². The molecular formula is C14H12N2O2S. The maximum Gasteiger partial charge on any atom is 0.261 e. The van der Waals surface area contributed by atoms with E-state index in [1.807, 2.05) is 36.4 Å². The molecule has 0 unspecified atom stereocenters. The smallest absolute Gasteiger partial charge is 0.261 e. The number of aromatic nitrogens is 1. The number of oxazole rings is 1. The summed E-state index contributed by atoms with van der Waals surface area (Å²) in [5.74, 6) is 0.736. The molecule has 0 bridgehead atoms. The van der Waals surface area contributed by atoms with Crippen molar-refractivity contribution in [1.82, 2.24) is 4.98 Å². The molecule has 0 spiro atoms. The third kappa shape index (κ3) is 2.37. The second-order valence-electron chi connectivity index (χ2n) is 3.95. The normalized spacial score (nSPS) is 10.8. The van der Waals surface area contributed by atoms with Gasteiger partial charge in [0.25, 0.3) is 5.22 Å². The van der Waals surface area contributed by atoms with Crippen LogP contribution in [-0.4, -0.2) is 12.1 Å². The van der Waals surface area contributed by atoms with E-state index in [-0.39, 0.29) is 0 Å². The van der Waals surface area contributed by atoms with Gasteiger partial charge >= 0.3 is 0 Å². The number of para-hydroxylation sites is 2. The molecular weight excluding hydrogens is 260 g/mol. The van der Waals surface area contributed by atoms with Crippen LogP contribution < -0.4 is 10.5 Å². The van der Waals surface area contributed by atoms with Gasteiger partial charge in [0.15, 0.2) is 5.58 Å². The number of methoxy groups -OCH3 is 1. The fourth-order valence-corrected chi connectivity index (χ4v) is 2.51. The Kier molecular flexibility index (Phi) is 3.05. The van der Waals surface area contributed by atoms with E-state index in [0.29, 0.717) is 10.9 Å². The number of nitrogens with two attached hydrogens (primary N) is 1. The van der Waals surface area contributed by atoms with E-state index < -0.39 is 0 Å². The molecule has 5 heteroatoms. The van der Waals surface area contributed by atoms with Gasteiger partial charge in [-0.05, 0) is 36.0 Å². The Morgan fingerprint density at radius 3 is 2.79 bits per heavy atom. The van der Waals surface area contributed by atoms with Crippen LogP contribution in [0.5, 0.6) is 5.75 Å². The third-order valence-corrected chi connectivity index (χ3v) is 3.63. The first-order chi connectivity index (χ1) is 9.26. The molecule has 0 amide bonds. The lowest BCUT2D eigenvalue weighted by atomic mass is 10.3. The van der Waals surface area contributed by atoms with Crippen LogP contribution in [0.25, 0.3) is 11.1 Å². The largest absolute Gasteiger partial charge is 0.497 e. The van der Waals surface area contributed by atoms with E-state index in [4.69, 9.17) is 14.9 Å². The van der Waals surface area contributed by atoms with Crippen molar-refractivity contribution in [2.45, 2.75) is 10.1 Å². The van der Waals surface area contributed by atoms with Crippen molar-refractivity contribution in [3.05, 3.63) is 42.5 Å². The second-order valence-corrected chi connectivity index (χ2v) is 4.95. The van der Waals surface area contributed by atoms with Crippen molar-refractivity contribution in [2.75, 3.05) is 12.8 Å². The van der Waals surface area contributed by atoms with E-state index in [0.717, 1.165) is 21.7 Å². The Balaban J connectivity index is 1.92. The molecule has 0 aliphatic rings. The predicted molar refractivity (Wildman–Crippen MR) is 75.5 cm³/mol. The Morgan fingerprint density at radius 2 is 2.05 bits per heavy atom. The molecule has 3 aromatic rings. The zero-order valence-electron chi connectivity index (χ0n) is 10.3. The van der Waals surface area contributed by atoms with Gasteiger partial charge < -0.3 is 14.9 Å². The molecule has 0 saturated heterocycles. The van der Waals surface area contributed by atoms with Crippen molar-refractivity contribution in [3.8, 4) is 5.75 Å². The summed E-state index contributed by atoms with van der Waals surface area (Å²) in [5.41, 5.74) is 8.23. The van der Waals surface area contributed by atoms with Gasteiger partial charge in [0.2, 0.25) is 0 Å². The lowest BCUT2D eigenvalue weighted by Gasteiger charge is -2.05. The molecule has 2 N–H and O–H groups in total. The highest BCUT2D eigenvalue weighted by Gasteiger charge is 2.09. The Hall–Kier alpha value is -2.14. The van der Waals surface area contributed by atoms with Crippen LogP contribution in [-0.2, 0) is 0 Å². The van der Waals surface area contributed by atoms with Gasteiger partial charge in [-0.25, -0.2) is 4.98 Å². The predicted octanol–water partition coefficient (Wildman–Crippen LogP) is 3.57. The van der Waals surface area contributed by atoms with Crippen LogP contribution in [0.15, 0.2) is 57.0 Å². The Labute approximate surface area is 114 Å². The average molecular weight is 272 g/mol. The topological polar surface area (TPSA) is 61.3 Å². The Morgan fingerprint density at radius 1 is 1.21 bits per heavy atom. The first-order valence-electron chi connectivity index (χ1n) is 5.73. The van der Waals surface area contributed by atoms with Gasteiger partial charge in [-0.2, -0.15) is 0 Å². The van der Waals surface area contributed by atoms with Gasteiger partial charge in [0.1, 0.15) is 11.3 Å². The molecule has 0 atom stereocenters. The average Bonchev–Trinajstić information content (AvgIpc) is 2.83. The molecule has 0 aliphatic carbocycles. The van der Waals surface area contributed by atoms with Crippen molar-refractivity contribution in [2.24, 2.45) is 0 Å². The van der Waals surface area contributed by atoms with Crippen LogP contribution in [0.4, 0.5) is 5.69 Å². The number of hydrogen-bond acceptors (Lipinski definition) is 5. The summed E-state index contributed by atoms with van der Waals surface area (Å²) in [6, 6.07) is 13.2. The van der Waals surface area contributed by atoms with Crippen LogP contribution >= 0.6 is 11.8 Å². The Bertz CT molecular complexity index is 691. The summed E-state index contributed by atoms with van der Waals surface area (Å²) in [5, 5.41) is 0.582. The maximum absolute atomic E-state index is 5.97. The zero-order valence-corrected chi connectivity index (χ0v) is 11.1. The molecule has 0 saturated carbocycles. The summed E-state index contributed by atoms with van der Waals surface area (Å²) >= 11 is 1.40. The van der Waals surface area contributed by atoms with Crippen LogP contribution in [0.1, 0.15) is 0 Å². The number of ether oxygens (including phenoxy) is 1. The lowest BCUT2D eigenvalue weighted by Crippen LogP contribution is -1.90. The molecule has 4 nitrogen and oxygen atoms in total. The summed E-state index contributed by atoms with van der Waals surface area (Å²) in [7, 11) is 1.61. The molecule has 1 heterocycles. The number of nitrogens with zero attached hydrogens (tertiary/aromatic N) is 1. The van der Waals surface area contributed by atoms with Gasteiger partial charge in [-0.1, -0.05) is 12.1 Å². The molecule has 0 fully saturated rings. The minimum absolute atomic E-state index is 0.582. The van der Waals surface area contributed by atoms with E-state index in [9.17, 15) is 0 Å². The fraction of sp³-hybridized carbons (Fsp3) is 0.0714. The quantitative estimate of drug-likeness (QED) is 0.738. The highest BCUT2D eigenvalue weighted by Crippen LogP contribution is 2.34. The van der Waals surface area contributed by atoms with Crippen LogP contribution in [0.3, 0.4) is 0 Å². The van der Waals surface area contributed by atoms with Gasteiger partial charge in [-0.15, -0.1) is 0 Å². The third-order valence-electron chi connectivity index (χ3n) is 2.69. The van der Waals surface area contributed by atoms with E-state index in [1.54, 1.807) is 13.2 Å². The molecule has 96 valence electrons. The van der Waals surface area contributed by atoms with E-state index >= 15 is 0 Å². The van der Waals surface area contributed by atoms with Crippen molar-refractivity contribution in [1.29, 1.82) is 0 Å². The van der Waals surface area contributed by atoms with Gasteiger partial charge in [0.05, 0.1) is 7.11 Å². The molecule has 2 aromatic carbocycles. The van der Waals surface area contributed by atoms with Crippen molar-refractivity contribution in [3.63, 3.8) is 0 Å². The van der Waals surface area contributed by atoms with Crippen molar-refractivity contribution >= 4 is 28.5 Å². The number of benzene rings is 2. The minimum Gasteiger partial charge on any atom is -0.497 e. The summed E-state index contributed by atoms with van der Waals surface area (Å²) < 4.78 is 10.8. The highest BCUT2D eigenvalue weighted by molar-refractivity contribution is 7.99. The minimum atomic E-state index is 0.582. The zero-order chi connectivity index (χ0) is 13.2. The molecule has 0 aliphatic heterocycles. The lowest BCUT2D eigenvalue weighted by molar-refractivity contribution is 0.414.